The van der Waals surface area contributed by atoms with Crippen molar-refractivity contribution in [2.45, 2.75) is 6.10 Å². The van der Waals surface area contributed by atoms with Crippen molar-refractivity contribution in [1.29, 1.82) is 0 Å². The van der Waals surface area contributed by atoms with Crippen molar-refractivity contribution in [3.8, 4) is 0 Å². The van der Waals surface area contributed by atoms with Gasteiger partial charge in [-0.05, 0) is 23.6 Å². The summed E-state index contributed by atoms with van der Waals surface area (Å²) in [4.78, 5) is 17.3. The van der Waals surface area contributed by atoms with Crippen LogP contribution in [0.15, 0.2) is 30.5 Å². The Morgan fingerprint density at radius 1 is 1.45 bits per heavy atom. The predicted octanol–water partition coefficient (Wildman–Crippen LogP) is 1.23. The Bertz CT molecular complexity index is 602. The van der Waals surface area contributed by atoms with Crippen molar-refractivity contribution in [1.82, 2.24) is 15.2 Å². The molecule has 1 aromatic heterocycles. The number of ether oxygens (including phenoxy) is 1. The van der Waals surface area contributed by atoms with Crippen LogP contribution < -0.4 is 5.32 Å². The lowest BCUT2D eigenvalue weighted by Crippen LogP contribution is -2.45. The minimum atomic E-state index is 0.0238. The van der Waals surface area contributed by atoms with Gasteiger partial charge in [0, 0.05) is 44.0 Å². The molecule has 1 aliphatic rings. The van der Waals surface area contributed by atoms with Crippen molar-refractivity contribution >= 4 is 16.8 Å². The standard InChI is InChI=1S/C15H19N3O2/c1-18(10-13-9-16-6-7-20-13)15(19)12-3-2-11-4-5-17-14(11)8-12/h2-5,8,13,16-17H,6-7,9-10H2,1H3. The van der Waals surface area contributed by atoms with Gasteiger partial charge in [0.15, 0.2) is 0 Å². The third kappa shape index (κ3) is 2.69. The van der Waals surface area contributed by atoms with E-state index in [-0.39, 0.29) is 12.0 Å². The van der Waals surface area contributed by atoms with E-state index in [1.807, 2.05) is 37.5 Å². The van der Waals surface area contributed by atoms with Gasteiger partial charge in [-0.2, -0.15) is 0 Å². The van der Waals surface area contributed by atoms with Gasteiger partial charge in [-0.25, -0.2) is 0 Å². The van der Waals surface area contributed by atoms with Crippen LogP contribution >= 0.6 is 0 Å². The number of carbonyl (C=O) groups excluding carboxylic acids is 1. The summed E-state index contributed by atoms with van der Waals surface area (Å²) in [5.41, 5.74) is 1.69. The number of likely N-dealkylation sites (N-methyl/N-ethyl adjacent to an activating group) is 1. The Labute approximate surface area is 117 Å². The summed E-state index contributed by atoms with van der Waals surface area (Å²) in [6, 6.07) is 7.73. The Morgan fingerprint density at radius 3 is 3.15 bits per heavy atom. The maximum atomic E-state index is 12.4. The Hall–Kier alpha value is -1.85. The van der Waals surface area contributed by atoms with E-state index in [0.717, 1.165) is 24.0 Å². The first-order valence-corrected chi connectivity index (χ1v) is 6.89. The largest absolute Gasteiger partial charge is 0.374 e. The van der Waals surface area contributed by atoms with Gasteiger partial charge in [0.25, 0.3) is 5.91 Å². The summed E-state index contributed by atoms with van der Waals surface area (Å²) in [7, 11) is 1.82. The minimum absolute atomic E-state index is 0.0238. The number of morpholine rings is 1. The van der Waals surface area contributed by atoms with E-state index < -0.39 is 0 Å². The lowest BCUT2D eigenvalue weighted by atomic mass is 10.1. The molecule has 1 amide bonds. The fraction of sp³-hybridized carbons (Fsp3) is 0.400. The first-order valence-electron chi connectivity index (χ1n) is 6.89. The number of fused-ring (bicyclic) bond motifs is 1. The van der Waals surface area contributed by atoms with Crippen LogP contribution in [0.2, 0.25) is 0 Å². The second-order valence-corrected chi connectivity index (χ2v) is 5.16. The second kappa shape index (κ2) is 5.64. The first-order chi connectivity index (χ1) is 9.74. The van der Waals surface area contributed by atoms with Gasteiger partial charge in [0.2, 0.25) is 0 Å². The summed E-state index contributed by atoms with van der Waals surface area (Å²) in [5.74, 6) is 0.0238. The van der Waals surface area contributed by atoms with Gasteiger partial charge in [0.1, 0.15) is 0 Å². The molecule has 1 unspecified atom stereocenters. The van der Waals surface area contributed by atoms with E-state index in [1.165, 1.54) is 0 Å². The predicted molar refractivity (Wildman–Crippen MR) is 77.9 cm³/mol. The molecule has 3 rings (SSSR count). The minimum Gasteiger partial charge on any atom is -0.374 e. The normalized spacial score (nSPS) is 19.1. The van der Waals surface area contributed by atoms with Gasteiger partial charge in [-0.1, -0.05) is 6.07 Å². The number of amides is 1. The molecule has 106 valence electrons. The van der Waals surface area contributed by atoms with E-state index in [2.05, 4.69) is 10.3 Å². The van der Waals surface area contributed by atoms with Gasteiger partial charge >= 0.3 is 0 Å². The number of aromatic nitrogens is 1. The topological polar surface area (TPSA) is 57.4 Å². The highest BCUT2D eigenvalue weighted by atomic mass is 16.5. The number of hydrogen-bond donors (Lipinski definition) is 2. The second-order valence-electron chi connectivity index (χ2n) is 5.16. The summed E-state index contributed by atoms with van der Waals surface area (Å²) < 4.78 is 5.63. The molecule has 1 saturated heterocycles. The lowest BCUT2D eigenvalue weighted by Gasteiger charge is -2.28. The molecule has 0 bridgehead atoms. The molecule has 0 radical (unpaired) electrons. The van der Waals surface area contributed by atoms with Crippen LogP contribution in [0.1, 0.15) is 10.4 Å². The van der Waals surface area contributed by atoms with Crippen LogP contribution in [0.5, 0.6) is 0 Å². The van der Waals surface area contributed by atoms with Crippen molar-refractivity contribution < 1.29 is 9.53 Å². The summed E-state index contributed by atoms with van der Waals surface area (Å²) >= 11 is 0. The molecule has 0 aliphatic carbocycles. The van der Waals surface area contributed by atoms with E-state index >= 15 is 0 Å². The van der Waals surface area contributed by atoms with Crippen molar-refractivity contribution in [3.63, 3.8) is 0 Å². The Kier molecular flexibility index (Phi) is 3.71. The van der Waals surface area contributed by atoms with Crippen molar-refractivity contribution in [2.24, 2.45) is 0 Å². The molecule has 1 aliphatic heterocycles. The quantitative estimate of drug-likeness (QED) is 0.884. The number of aromatic amines is 1. The zero-order valence-corrected chi connectivity index (χ0v) is 11.6. The van der Waals surface area contributed by atoms with E-state index in [0.29, 0.717) is 18.7 Å². The third-order valence-corrected chi connectivity index (χ3v) is 3.63. The van der Waals surface area contributed by atoms with Gasteiger partial charge < -0.3 is 19.9 Å². The molecule has 1 fully saturated rings. The molecular formula is C15H19N3O2. The molecule has 0 saturated carbocycles. The van der Waals surface area contributed by atoms with Gasteiger partial charge in [-0.3, -0.25) is 4.79 Å². The third-order valence-electron chi connectivity index (χ3n) is 3.63. The highest BCUT2D eigenvalue weighted by molar-refractivity contribution is 5.97. The van der Waals surface area contributed by atoms with Crippen molar-refractivity contribution in [2.75, 3.05) is 33.3 Å². The number of H-pyrrole nitrogens is 1. The fourth-order valence-electron chi connectivity index (χ4n) is 2.53. The van der Waals surface area contributed by atoms with Crippen LogP contribution in [0.3, 0.4) is 0 Å². The summed E-state index contributed by atoms with van der Waals surface area (Å²) in [5, 5.41) is 4.39. The maximum Gasteiger partial charge on any atom is 0.253 e. The van der Waals surface area contributed by atoms with Gasteiger partial charge in [0.05, 0.1) is 12.7 Å². The number of nitrogens with zero attached hydrogens (tertiary/aromatic N) is 1. The molecule has 1 aromatic carbocycles. The first kappa shape index (κ1) is 13.1. The van der Waals surface area contributed by atoms with Gasteiger partial charge in [-0.15, -0.1) is 0 Å². The van der Waals surface area contributed by atoms with Crippen molar-refractivity contribution in [3.05, 3.63) is 36.0 Å². The molecule has 20 heavy (non-hydrogen) atoms. The van der Waals surface area contributed by atoms with Crippen LogP contribution in [0.4, 0.5) is 0 Å². The molecule has 5 nitrogen and oxygen atoms in total. The van der Waals surface area contributed by atoms with Crippen LogP contribution in [0, 0.1) is 0 Å². The molecule has 5 heteroatoms. The van der Waals surface area contributed by atoms with E-state index in [4.69, 9.17) is 4.74 Å². The van der Waals surface area contributed by atoms with Crippen LogP contribution in [-0.4, -0.2) is 55.2 Å². The monoisotopic (exact) mass is 273 g/mol. The fourth-order valence-corrected chi connectivity index (χ4v) is 2.53. The molecule has 2 N–H and O–H groups in total. The number of rotatable bonds is 3. The average Bonchev–Trinajstić information content (AvgIpc) is 2.94. The smallest absolute Gasteiger partial charge is 0.253 e. The summed E-state index contributed by atoms with van der Waals surface area (Å²) in [6.07, 6.45) is 1.95. The zero-order chi connectivity index (χ0) is 13.9. The number of nitrogens with one attached hydrogen (secondary N) is 2. The number of carbonyl (C=O) groups is 1. The highest BCUT2D eigenvalue weighted by Crippen LogP contribution is 2.15. The number of hydrogen-bond acceptors (Lipinski definition) is 3. The van der Waals surface area contributed by atoms with Crippen LogP contribution in [-0.2, 0) is 4.74 Å². The van der Waals surface area contributed by atoms with E-state index in [1.54, 1.807) is 4.90 Å². The summed E-state index contributed by atoms with van der Waals surface area (Å²) in [6.45, 7) is 3.00. The molecule has 1 atom stereocenters. The molecule has 2 aromatic rings. The number of benzene rings is 1. The van der Waals surface area contributed by atoms with Crippen LogP contribution in [0.25, 0.3) is 10.9 Å². The molecule has 2 heterocycles. The SMILES string of the molecule is CN(CC1CNCCO1)C(=O)c1ccc2cc[nH]c2c1. The zero-order valence-electron chi connectivity index (χ0n) is 11.6. The Balaban J connectivity index is 1.70. The molecule has 0 spiro atoms. The Morgan fingerprint density at radius 2 is 2.35 bits per heavy atom. The lowest BCUT2D eigenvalue weighted by molar-refractivity contribution is 0.0104. The molecular weight excluding hydrogens is 254 g/mol. The van der Waals surface area contributed by atoms with E-state index in [9.17, 15) is 4.79 Å². The highest BCUT2D eigenvalue weighted by Gasteiger charge is 2.19. The maximum absolute atomic E-state index is 12.4. The average molecular weight is 273 g/mol.